The van der Waals surface area contributed by atoms with Gasteiger partial charge in [0.1, 0.15) is 0 Å². The van der Waals surface area contributed by atoms with Gasteiger partial charge in [0, 0.05) is 30.7 Å². The maximum absolute atomic E-state index is 4.74. The molecule has 3 rings (SSSR count). The minimum absolute atomic E-state index is 0.0648. The van der Waals surface area contributed by atoms with Crippen LogP contribution in [0, 0.1) is 11.3 Å². The Bertz CT molecular complexity index is 889. The van der Waals surface area contributed by atoms with Crippen molar-refractivity contribution in [2.45, 2.75) is 45.6 Å². The molecule has 0 saturated heterocycles. The zero-order valence-corrected chi connectivity index (χ0v) is 21.6. The van der Waals surface area contributed by atoms with E-state index in [0.29, 0.717) is 5.92 Å². The van der Waals surface area contributed by atoms with Crippen LogP contribution in [-0.4, -0.2) is 34.2 Å². The third-order valence-electron chi connectivity index (χ3n) is 5.59. The molecule has 1 aliphatic carbocycles. The quantitative estimate of drug-likeness (QED) is 0.481. The van der Waals surface area contributed by atoms with Crippen molar-refractivity contribution in [3.05, 3.63) is 71.0 Å². The van der Waals surface area contributed by atoms with E-state index in [-0.39, 0.29) is 5.41 Å². The van der Waals surface area contributed by atoms with Gasteiger partial charge in [0.25, 0.3) is 0 Å². The molecule has 0 aliphatic heterocycles. The Labute approximate surface area is 180 Å². The van der Waals surface area contributed by atoms with Crippen LogP contribution in [0.4, 0.5) is 0 Å². The third kappa shape index (κ3) is 4.15. The van der Waals surface area contributed by atoms with Crippen LogP contribution in [0.5, 0.6) is 0 Å². The van der Waals surface area contributed by atoms with Crippen molar-refractivity contribution in [3.8, 4) is 0 Å². The molecule has 0 aromatic carbocycles. The van der Waals surface area contributed by atoms with Gasteiger partial charge in [-0.3, -0.25) is 19.9 Å². The zero-order valence-electron chi connectivity index (χ0n) is 18.3. The average Bonchev–Trinajstić information content (AvgIpc) is 3.10. The maximum atomic E-state index is 4.74. The van der Waals surface area contributed by atoms with E-state index in [2.05, 4.69) is 74.9 Å². The summed E-state index contributed by atoms with van der Waals surface area (Å²) in [5.41, 5.74) is 4.56. The van der Waals surface area contributed by atoms with Crippen LogP contribution in [0.2, 0.25) is 19.6 Å². The normalized spacial score (nSPS) is 18.2. The first kappa shape index (κ1) is 22.4. The van der Waals surface area contributed by atoms with Crippen molar-refractivity contribution in [2.24, 2.45) is 11.3 Å². The number of hydrogen-bond acceptors (Lipinski definition) is 4. The first-order valence-electron chi connectivity index (χ1n) is 9.98. The lowest BCUT2D eigenvalue weighted by Gasteiger charge is -2.43. The van der Waals surface area contributed by atoms with Crippen LogP contribution < -0.4 is 0 Å². The van der Waals surface area contributed by atoms with Gasteiger partial charge < -0.3 is 0 Å². The van der Waals surface area contributed by atoms with Crippen molar-refractivity contribution in [2.75, 3.05) is 6.16 Å². The fraction of sp³-hybridized carbons (Fsp3) is 0.455. The van der Waals surface area contributed by atoms with Crippen molar-refractivity contribution < 1.29 is 0 Å². The van der Waals surface area contributed by atoms with Crippen LogP contribution in [-0.2, 0) is 5.16 Å². The van der Waals surface area contributed by atoms with Crippen molar-refractivity contribution in [1.82, 2.24) is 19.9 Å². The molecule has 7 heteroatoms. The lowest BCUT2D eigenvalue weighted by molar-refractivity contribution is 0.315. The standard InChI is InChI=1S/C22H32N4P2Si/c1-21(2,3)20-16(29(4,5)6)11-15(14-27)19(20)22(28,17-12-23-7-9-25-17)18-13-24-8-10-26-18/h7-13,20H,14,27-28H2,1-6H3. The maximum Gasteiger partial charge on any atom is 0.0936 e. The molecule has 0 amide bonds. The van der Waals surface area contributed by atoms with Gasteiger partial charge in [-0.25, -0.2) is 0 Å². The van der Waals surface area contributed by atoms with Crippen molar-refractivity contribution in [1.29, 1.82) is 0 Å². The van der Waals surface area contributed by atoms with Gasteiger partial charge >= 0.3 is 0 Å². The summed E-state index contributed by atoms with van der Waals surface area (Å²) in [5, 5.41) is 1.02. The summed E-state index contributed by atoms with van der Waals surface area (Å²) in [5.74, 6) is 0.311. The molecule has 0 bridgehead atoms. The Morgan fingerprint density at radius 2 is 1.45 bits per heavy atom. The first-order valence-corrected chi connectivity index (χ1v) is 14.9. The molecule has 3 unspecified atom stereocenters. The lowest BCUT2D eigenvalue weighted by atomic mass is 9.71. The fourth-order valence-electron chi connectivity index (χ4n) is 4.30. The van der Waals surface area contributed by atoms with Gasteiger partial charge in [0.2, 0.25) is 0 Å². The number of nitrogens with zero attached hydrogens (tertiary/aromatic N) is 4. The van der Waals surface area contributed by atoms with Gasteiger partial charge in [-0.2, -0.15) is 0 Å². The molecular weight excluding hydrogens is 410 g/mol. The molecule has 2 aromatic rings. The molecule has 2 aromatic heterocycles. The van der Waals surface area contributed by atoms with Crippen LogP contribution in [0.15, 0.2) is 59.6 Å². The highest BCUT2D eigenvalue weighted by Crippen LogP contribution is 2.57. The summed E-state index contributed by atoms with van der Waals surface area (Å²) in [4.78, 5) is 18.3. The Morgan fingerprint density at radius 1 is 0.931 bits per heavy atom. The van der Waals surface area contributed by atoms with E-state index in [9.17, 15) is 0 Å². The molecule has 1 aliphatic rings. The third-order valence-corrected chi connectivity index (χ3v) is 9.09. The monoisotopic (exact) mass is 442 g/mol. The number of hydrogen-bond donors (Lipinski definition) is 0. The summed E-state index contributed by atoms with van der Waals surface area (Å²) in [6, 6.07) is 0. The fourth-order valence-corrected chi connectivity index (χ4v) is 7.34. The second-order valence-electron chi connectivity index (χ2n) is 9.78. The van der Waals surface area contributed by atoms with Crippen LogP contribution in [0.25, 0.3) is 0 Å². The molecule has 0 fully saturated rings. The Morgan fingerprint density at radius 3 is 1.79 bits per heavy atom. The average molecular weight is 443 g/mol. The highest BCUT2D eigenvalue weighted by molar-refractivity contribution is 7.19. The highest BCUT2D eigenvalue weighted by atomic mass is 31.0. The Hall–Kier alpha value is -1.28. The van der Waals surface area contributed by atoms with E-state index in [4.69, 9.17) is 9.97 Å². The predicted octanol–water partition coefficient (Wildman–Crippen LogP) is 5.04. The molecule has 4 nitrogen and oxygen atoms in total. The van der Waals surface area contributed by atoms with Gasteiger partial charge in [0.05, 0.1) is 37.0 Å². The van der Waals surface area contributed by atoms with Crippen LogP contribution in [0.3, 0.4) is 0 Å². The van der Waals surface area contributed by atoms with Crippen molar-refractivity contribution >= 4 is 26.6 Å². The molecule has 154 valence electrons. The smallest absolute Gasteiger partial charge is 0.0936 e. The summed E-state index contributed by atoms with van der Waals surface area (Å²) < 4.78 is 0. The van der Waals surface area contributed by atoms with Crippen LogP contribution in [0.1, 0.15) is 32.2 Å². The van der Waals surface area contributed by atoms with E-state index >= 15 is 0 Å². The molecule has 2 heterocycles. The minimum atomic E-state index is -1.55. The topological polar surface area (TPSA) is 51.6 Å². The van der Waals surface area contributed by atoms with Crippen LogP contribution >= 0.6 is 18.5 Å². The molecule has 29 heavy (non-hydrogen) atoms. The number of rotatable bonds is 5. The SMILES string of the molecule is CC(C)(C)C1C([Si](C)(C)C)=CC(CP)=C1C(P)(c1cnccn1)c1cnccn1. The highest BCUT2D eigenvalue weighted by Gasteiger charge is 2.50. The molecule has 0 saturated carbocycles. The predicted molar refractivity (Wildman–Crippen MR) is 131 cm³/mol. The summed E-state index contributed by atoms with van der Waals surface area (Å²) in [7, 11) is 4.47. The first-order chi connectivity index (χ1) is 13.5. The summed E-state index contributed by atoms with van der Waals surface area (Å²) in [6.45, 7) is 14.4. The zero-order chi connectivity index (χ0) is 21.4. The molecular formula is C22H32N4P2Si. The second-order valence-corrected chi connectivity index (χ2v) is 16.1. The van der Waals surface area contributed by atoms with E-state index in [1.165, 1.54) is 11.1 Å². The van der Waals surface area contributed by atoms with Crippen molar-refractivity contribution in [3.63, 3.8) is 0 Å². The minimum Gasteiger partial charge on any atom is -0.261 e. The van der Waals surface area contributed by atoms with Gasteiger partial charge in [0.15, 0.2) is 0 Å². The molecule has 0 N–H and O–H groups in total. The molecule has 3 atom stereocenters. The number of allylic oxidation sites excluding steroid dienone is 4. The van der Waals surface area contributed by atoms with E-state index in [1.54, 1.807) is 30.0 Å². The van der Waals surface area contributed by atoms with Gasteiger partial charge in [-0.05, 0) is 22.7 Å². The number of aromatic nitrogens is 4. The van der Waals surface area contributed by atoms with E-state index in [1.807, 2.05) is 12.4 Å². The second kappa shape index (κ2) is 8.10. The lowest BCUT2D eigenvalue weighted by Crippen LogP contribution is -2.40. The summed E-state index contributed by atoms with van der Waals surface area (Å²) in [6.07, 6.45) is 14.1. The van der Waals surface area contributed by atoms with E-state index < -0.39 is 13.2 Å². The van der Waals surface area contributed by atoms with E-state index in [0.717, 1.165) is 17.5 Å². The molecule has 0 radical (unpaired) electrons. The summed E-state index contributed by atoms with van der Waals surface area (Å²) >= 11 is 0. The largest absolute Gasteiger partial charge is 0.261 e. The van der Waals surface area contributed by atoms with Gasteiger partial charge in [-0.15, -0.1) is 18.5 Å². The van der Waals surface area contributed by atoms with Gasteiger partial charge in [-0.1, -0.05) is 51.7 Å². The Balaban J connectivity index is 2.35. The Kier molecular flexibility index (Phi) is 6.25. The molecule has 0 spiro atoms.